The second-order valence-corrected chi connectivity index (χ2v) is 3.77. The molecule has 0 radical (unpaired) electrons. The summed E-state index contributed by atoms with van der Waals surface area (Å²) in [6.07, 6.45) is -0.345. The van der Waals surface area contributed by atoms with Crippen LogP contribution in [-0.2, 0) is 14.3 Å². The van der Waals surface area contributed by atoms with E-state index in [4.69, 9.17) is 4.74 Å². The molecule has 0 unspecified atom stereocenters. The van der Waals surface area contributed by atoms with Gasteiger partial charge in [0.1, 0.15) is 12.2 Å². The Morgan fingerprint density at radius 3 is 2.42 bits per heavy atom. The predicted octanol–water partition coefficient (Wildman–Crippen LogP) is 1.40. The number of anilines is 1. The van der Waals surface area contributed by atoms with Crippen LogP contribution in [0.25, 0.3) is 0 Å². The summed E-state index contributed by atoms with van der Waals surface area (Å²) in [4.78, 5) is 33.9. The minimum absolute atomic E-state index is 0.282. The summed E-state index contributed by atoms with van der Waals surface area (Å²) in [7, 11) is 2.67. The van der Waals surface area contributed by atoms with Gasteiger partial charge < -0.3 is 14.8 Å². The molecule has 0 saturated heterocycles. The van der Waals surface area contributed by atoms with E-state index in [2.05, 4.69) is 10.1 Å². The van der Waals surface area contributed by atoms with Gasteiger partial charge in [-0.3, -0.25) is 14.4 Å². The molecule has 102 valence electrons. The molecule has 0 aliphatic carbocycles. The van der Waals surface area contributed by atoms with Crippen molar-refractivity contribution >= 4 is 23.3 Å². The monoisotopic (exact) mass is 265 g/mol. The van der Waals surface area contributed by atoms with Crippen LogP contribution < -0.4 is 10.1 Å². The van der Waals surface area contributed by atoms with Crippen molar-refractivity contribution in [2.24, 2.45) is 0 Å². The number of hydrogen-bond donors (Lipinski definition) is 1. The quantitative estimate of drug-likeness (QED) is 0.494. The zero-order chi connectivity index (χ0) is 14.4. The van der Waals surface area contributed by atoms with Gasteiger partial charge in [0, 0.05) is 12.5 Å². The highest BCUT2D eigenvalue weighted by atomic mass is 16.5. The lowest BCUT2D eigenvalue weighted by Gasteiger charge is -2.10. The van der Waals surface area contributed by atoms with Gasteiger partial charge >= 0.3 is 5.97 Å². The Bertz CT molecular complexity index is 510. The number of ether oxygens (including phenoxy) is 2. The first-order valence-electron chi connectivity index (χ1n) is 5.53. The van der Waals surface area contributed by atoms with Crippen molar-refractivity contribution in [1.82, 2.24) is 0 Å². The van der Waals surface area contributed by atoms with Gasteiger partial charge in [0.05, 0.1) is 19.9 Å². The number of amides is 1. The Hall–Kier alpha value is -2.37. The largest absolute Gasteiger partial charge is 0.495 e. The maximum atomic E-state index is 11.8. The first-order valence-corrected chi connectivity index (χ1v) is 5.53. The van der Waals surface area contributed by atoms with Crippen molar-refractivity contribution in [3.63, 3.8) is 0 Å². The fraction of sp³-hybridized carbons (Fsp3) is 0.308. The molecule has 0 fully saturated rings. The number of benzene rings is 1. The summed E-state index contributed by atoms with van der Waals surface area (Å²) in [5.74, 6) is -0.844. The maximum Gasteiger partial charge on any atom is 0.313 e. The molecule has 19 heavy (non-hydrogen) atoms. The maximum absolute atomic E-state index is 11.8. The van der Waals surface area contributed by atoms with Crippen LogP contribution in [-0.4, -0.2) is 31.9 Å². The molecule has 1 aromatic rings. The van der Waals surface area contributed by atoms with Crippen molar-refractivity contribution in [2.45, 2.75) is 13.3 Å². The summed E-state index contributed by atoms with van der Waals surface area (Å²) < 4.78 is 9.49. The Morgan fingerprint density at radius 1 is 1.21 bits per heavy atom. The first-order chi connectivity index (χ1) is 8.97. The van der Waals surface area contributed by atoms with Crippen molar-refractivity contribution in [1.29, 1.82) is 0 Å². The van der Waals surface area contributed by atoms with Gasteiger partial charge in [-0.15, -0.1) is 0 Å². The summed E-state index contributed by atoms with van der Waals surface area (Å²) in [6.45, 7) is 1.35. The molecular formula is C13H15NO5. The van der Waals surface area contributed by atoms with Crippen LogP contribution in [0.2, 0.25) is 0 Å². The molecule has 0 aromatic heterocycles. The summed E-state index contributed by atoms with van der Waals surface area (Å²) in [6, 6.07) is 4.54. The lowest BCUT2D eigenvalue weighted by molar-refractivity contribution is -0.139. The fourth-order valence-electron chi connectivity index (χ4n) is 1.47. The van der Waals surface area contributed by atoms with E-state index in [1.54, 1.807) is 6.07 Å². The molecule has 0 atom stereocenters. The van der Waals surface area contributed by atoms with Crippen molar-refractivity contribution in [2.75, 3.05) is 19.5 Å². The van der Waals surface area contributed by atoms with Gasteiger partial charge in [-0.25, -0.2) is 0 Å². The molecule has 1 rings (SSSR count). The Labute approximate surface area is 110 Å². The lowest BCUT2D eigenvalue weighted by Crippen LogP contribution is -2.11. The first kappa shape index (κ1) is 14.7. The standard InChI is InChI=1S/C13H15NO5/c1-8(15)14-10-6-9(4-5-12(10)18-2)11(16)7-13(17)19-3/h4-6H,7H2,1-3H3,(H,14,15). The van der Waals surface area contributed by atoms with Crippen LogP contribution in [0, 0.1) is 0 Å². The molecule has 6 nitrogen and oxygen atoms in total. The van der Waals surface area contributed by atoms with E-state index in [1.807, 2.05) is 0 Å². The molecule has 0 bridgehead atoms. The second kappa shape index (κ2) is 6.53. The summed E-state index contributed by atoms with van der Waals surface area (Å²) in [5, 5.41) is 2.55. The number of ketones is 1. The Kier molecular flexibility index (Phi) is 5.05. The van der Waals surface area contributed by atoms with E-state index in [1.165, 1.54) is 33.3 Å². The Balaban J connectivity index is 3.00. The van der Waals surface area contributed by atoms with E-state index >= 15 is 0 Å². The number of carbonyl (C=O) groups excluding carboxylic acids is 3. The van der Waals surface area contributed by atoms with E-state index < -0.39 is 5.97 Å². The van der Waals surface area contributed by atoms with Crippen LogP contribution >= 0.6 is 0 Å². The zero-order valence-electron chi connectivity index (χ0n) is 11.0. The molecular weight excluding hydrogens is 250 g/mol. The van der Waals surface area contributed by atoms with Gasteiger partial charge in [0.2, 0.25) is 5.91 Å². The van der Waals surface area contributed by atoms with E-state index in [0.29, 0.717) is 17.0 Å². The predicted molar refractivity (Wildman–Crippen MR) is 68.3 cm³/mol. The van der Waals surface area contributed by atoms with Gasteiger partial charge in [0.15, 0.2) is 5.78 Å². The highest BCUT2D eigenvalue weighted by Crippen LogP contribution is 2.26. The number of Topliss-reactive ketones (excluding diaryl/α,β-unsaturated/α-hetero) is 1. The SMILES string of the molecule is COC(=O)CC(=O)c1ccc(OC)c(NC(C)=O)c1. The number of carbonyl (C=O) groups is 3. The molecule has 1 N–H and O–H groups in total. The molecule has 0 aliphatic rings. The van der Waals surface area contributed by atoms with Crippen LogP contribution in [0.5, 0.6) is 5.75 Å². The lowest BCUT2D eigenvalue weighted by atomic mass is 10.1. The van der Waals surface area contributed by atoms with Crippen LogP contribution in [0.3, 0.4) is 0 Å². The van der Waals surface area contributed by atoms with Crippen molar-refractivity contribution < 1.29 is 23.9 Å². The topological polar surface area (TPSA) is 81.7 Å². The third-order valence-electron chi connectivity index (χ3n) is 2.36. The van der Waals surface area contributed by atoms with Crippen LogP contribution in [0.4, 0.5) is 5.69 Å². The van der Waals surface area contributed by atoms with E-state index in [-0.39, 0.29) is 18.1 Å². The molecule has 6 heteroatoms. The van der Waals surface area contributed by atoms with Crippen LogP contribution in [0.15, 0.2) is 18.2 Å². The number of rotatable bonds is 5. The Morgan fingerprint density at radius 2 is 1.89 bits per heavy atom. The number of methoxy groups -OCH3 is 2. The normalized spacial score (nSPS) is 9.63. The van der Waals surface area contributed by atoms with Gasteiger partial charge in [0.25, 0.3) is 0 Å². The summed E-state index contributed by atoms with van der Waals surface area (Å²) >= 11 is 0. The third-order valence-corrected chi connectivity index (χ3v) is 2.36. The number of nitrogens with one attached hydrogen (secondary N) is 1. The second-order valence-electron chi connectivity index (χ2n) is 3.77. The highest BCUT2D eigenvalue weighted by molar-refractivity contribution is 6.07. The fourth-order valence-corrected chi connectivity index (χ4v) is 1.47. The zero-order valence-corrected chi connectivity index (χ0v) is 11.0. The third kappa shape index (κ3) is 4.09. The average Bonchev–Trinajstić information content (AvgIpc) is 2.37. The number of esters is 1. The van der Waals surface area contributed by atoms with Gasteiger partial charge in [-0.2, -0.15) is 0 Å². The minimum atomic E-state index is -0.609. The van der Waals surface area contributed by atoms with Gasteiger partial charge in [-0.1, -0.05) is 0 Å². The average molecular weight is 265 g/mol. The molecule has 1 aromatic carbocycles. The number of hydrogen-bond acceptors (Lipinski definition) is 5. The van der Waals surface area contributed by atoms with Crippen molar-refractivity contribution in [3.8, 4) is 5.75 Å². The van der Waals surface area contributed by atoms with E-state index in [0.717, 1.165) is 0 Å². The van der Waals surface area contributed by atoms with Gasteiger partial charge in [-0.05, 0) is 18.2 Å². The summed E-state index contributed by atoms with van der Waals surface area (Å²) in [5.41, 5.74) is 0.681. The van der Waals surface area contributed by atoms with Crippen LogP contribution in [0.1, 0.15) is 23.7 Å². The van der Waals surface area contributed by atoms with E-state index in [9.17, 15) is 14.4 Å². The minimum Gasteiger partial charge on any atom is -0.495 e. The molecule has 0 spiro atoms. The molecule has 0 aliphatic heterocycles. The van der Waals surface area contributed by atoms with Crippen molar-refractivity contribution in [3.05, 3.63) is 23.8 Å². The molecule has 0 heterocycles. The molecule has 1 amide bonds. The molecule has 0 saturated carbocycles. The smallest absolute Gasteiger partial charge is 0.313 e. The highest BCUT2D eigenvalue weighted by Gasteiger charge is 2.14.